The third kappa shape index (κ3) is 4.83. The minimum absolute atomic E-state index is 0.0177. The van der Waals surface area contributed by atoms with Gasteiger partial charge in [-0.15, -0.1) is 0 Å². The minimum atomic E-state index is -1.04. The fourth-order valence-corrected chi connectivity index (χ4v) is 4.69. The lowest BCUT2D eigenvalue weighted by Gasteiger charge is -2.08. The second kappa shape index (κ2) is 9.82. The van der Waals surface area contributed by atoms with Gasteiger partial charge in [0.05, 0.1) is 38.3 Å². The second-order valence-corrected chi connectivity index (χ2v) is 9.36. The monoisotopic (exact) mass is 596 g/mol. The maximum absolute atomic E-state index is 13.2. The van der Waals surface area contributed by atoms with Crippen LogP contribution in [0.5, 0.6) is 5.75 Å². The van der Waals surface area contributed by atoms with Crippen molar-refractivity contribution in [2.75, 3.05) is 5.32 Å². The lowest BCUT2D eigenvalue weighted by Crippen LogP contribution is -2.23. The molecule has 9 nitrogen and oxygen atoms in total. The van der Waals surface area contributed by atoms with Crippen molar-refractivity contribution in [2.24, 2.45) is 0 Å². The van der Waals surface area contributed by atoms with Crippen LogP contribution in [0.15, 0.2) is 53.4 Å². The predicted octanol–water partition coefficient (Wildman–Crippen LogP) is 6.24. The molecule has 35 heavy (non-hydrogen) atoms. The Morgan fingerprint density at radius 3 is 2.49 bits per heavy atom. The molecule has 13 heteroatoms. The number of carbonyl (C=O) groups excluding carboxylic acids is 2. The Kier molecular flexibility index (Phi) is 7.00. The number of fused-ring (bicyclic) bond motifs is 1. The summed E-state index contributed by atoms with van der Waals surface area (Å²) in [7, 11) is 0. The van der Waals surface area contributed by atoms with Gasteiger partial charge in [-0.05, 0) is 24.3 Å². The van der Waals surface area contributed by atoms with Crippen molar-refractivity contribution in [3.8, 4) is 5.75 Å². The molecule has 0 aliphatic carbocycles. The lowest BCUT2D eigenvalue weighted by molar-refractivity contribution is -0.385. The molecule has 4 aromatic rings. The summed E-state index contributed by atoms with van der Waals surface area (Å²) in [6.07, 6.45) is 3.85. The van der Waals surface area contributed by atoms with Gasteiger partial charge in [0, 0.05) is 45.1 Å². The Bertz CT molecular complexity index is 1520. The smallest absolute Gasteiger partial charge is 0.296 e. The van der Waals surface area contributed by atoms with Crippen LogP contribution in [0.1, 0.15) is 15.9 Å². The molecule has 0 saturated carbocycles. The van der Waals surface area contributed by atoms with Gasteiger partial charge in [0.1, 0.15) is 5.75 Å². The van der Waals surface area contributed by atoms with Gasteiger partial charge in [0.2, 0.25) is 0 Å². The standard InChI is InChI=1S/C22H12BrCl3N4O5/c23-13-3-4-17(31)20-18(13)12(21(32)22(33)28-19-14(25)6-27-7-15(19)26)9-29(20)8-10-1-2-11(24)5-16(10)30(34)35/h1-7,9,31H,8H2,(H,27,28,33). The number of nitrogens with zero attached hydrogens (tertiary/aromatic N) is 3. The number of hydrogen-bond donors (Lipinski definition) is 2. The fourth-order valence-electron chi connectivity index (χ4n) is 3.53. The summed E-state index contributed by atoms with van der Waals surface area (Å²) in [5.74, 6) is -2.18. The van der Waals surface area contributed by atoms with Gasteiger partial charge in [-0.3, -0.25) is 24.7 Å². The highest BCUT2D eigenvalue weighted by Crippen LogP contribution is 2.37. The fraction of sp³-hybridized carbons (Fsp3) is 0.0455. The zero-order valence-electron chi connectivity index (χ0n) is 17.3. The molecule has 4 rings (SSSR count). The molecule has 0 spiro atoms. The Morgan fingerprint density at radius 2 is 1.83 bits per heavy atom. The average molecular weight is 599 g/mol. The summed E-state index contributed by atoms with van der Waals surface area (Å²) in [5.41, 5.74) is 0.193. The van der Waals surface area contributed by atoms with Crippen LogP contribution in [0, 0.1) is 10.1 Å². The van der Waals surface area contributed by atoms with Crippen LogP contribution in [0.4, 0.5) is 11.4 Å². The molecule has 0 bridgehead atoms. The second-order valence-electron chi connectivity index (χ2n) is 7.25. The number of carbonyl (C=O) groups is 2. The van der Waals surface area contributed by atoms with Crippen LogP contribution in [0.3, 0.4) is 0 Å². The first-order valence-corrected chi connectivity index (χ1v) is 11.6. The largest absolute Gasteiger partial charge is 0.506 e. The van der Waals surface area contributed by atoms with E-state index in [4.69, 9.17) is 34.8 Å². The summed E-state index contributed by atoms with van der Waals surface area (Å²) in [4.78, 5) is 40.7. The zero-order chi connectivity index (χ0) is 25.4. The van der Waals surface area contributed by atoms with E-state index in [-0.39, 0.29) is 60.8 Å². The van der Waals surface area contributed by atoms with E-state index in [0.29, 0.717) is 4.47 Å². The molecule has 0 saturated heterocycles. The number of amides is 1. The Hall–Kier alpha value is -3.18. The summed E-state index contributed by atoms with van der Waals surface area (Å²) in [6.45, 7) is -0.0924. The molecule has 2 aromatic carbocycles. The number of anilines is 1. The average Bonchev–Trinajstić information content (AvgIpc) is 3.19. The number of phenols is 1. The van der Waals surface area contributed by atoms with E-state index in [2.05, 4.69) is 26.2 Å². The summed E-state index contributed by atoms with van der Waals surface area (Å²) in [5, 5.41) is 25.0. The van der Waals surface area contributed by atoms with E-state index in [0.717, 1.165) is 0 Å². The summed E-state index contributed by atoms with van der Waals surface area (Å²) in [6, 6.07) is 7.08. The first-order chi connectivity index (χ1) is 16.6. The van der Waals surface area contributed by atoms with Crippen molar-refractivity contribution in [2.45, 2.75) is 6.54 Å². The number of ketones is 1. The number of phenolic OH excluding ortho intramolecular Hbond substituents is 1. The number of halogens is 4. The molecule has 0 aliphatic rings. The molecular formula is C22H12BrCl3N4O5. The van der Waals surface area contributed by atoms with E-state index in [1.165, 1.54) is 53.5 Å². The number of Topliss-reactive ketones (excluding diaryl/α,β-unsaturated/α-hetero) is 1. The normalized spacial score (nSPS) is 11.0. The zero-order valence-corrected chi connectivity index (χ0v) is 21.1. The highest BCUT2D eigenvalue weighted by atomic mass is 79.9. The van der Waals surface area contributed by atoms with Crippen LogP contribution >= 0.6 is 50.7 Å². The molecule has 0 fully saturated rings. The van der Waals surface area contributed by atoms with E-state index in [9.17, 15) is 24.8 Å². The van der Waals surface area contributed by atoms with Crippen molar-refractivity contribution >= 4 is 84.7 Å². The third-order valence-corrected chi connectivity index (χ3v) is 6.54. The van der Waals surface area contributed by atoms with Crippen molar-refractivity contribution < 1.29 is 19.6 Å². The number of nitro benzene ring substituents is 1. The quantitative estimate of drug-likeness (QED) is 0.117. The molecule has 2 aromatic heterocycles. The lowest BCUT2D eigenvalue weighted by atomic mass is 10.1. The number of aromatic hydroxyl groups is 1. The third-order valence-electron chi connectivity index (χ3n) is 5.07. The topological polar surface area (TPSA) is 127 Å². The predicted molar refractivity (Wildman–Crippen MR) is 136 cm³/mol. The molecule has 0 radical (unpaired) electrons. The molecule has 0 unspecified atom stereocenters. The number of benzene rings is 2. The van der Waals surface area contributed by atoms with Gasteiger partial charge in [0.15, 0.2) is 0 Å². The first-order valence-electron chi connectivity index (χ1n) is 9.66. The number of pyridine rings is 1. The van der Waals surface area contributed by atoms with E-state index in [1.54, 1.807) is 0 Å². The van der Waals surface area contributed by atoms with Crippen molar-refractivity contribution in [3.05, 3.63) is 89.7 Å². The highest BCUT2D eigenvalue weighted by Gasteiger charge is 2.27. The van der Waals surface area contributed by atoms with Gasteiger partial charge in [-0.1, -0.05) is 50.7 Å². The van der Waals surface area contributed by atoms with E-state index in [1.807, 2.05) is 0 Å². The Morgan fingerprint density at radius 1 is 1.14 bits per heavy atom. The molecule has 2 heterocycles. The molecule has 0 aliphatic heterocycles. The van der Waals surface area contributed by atoms with Crippen molar-refractivity contribution in [3.63, 3.8) is 0 Å². The molecule has 0 atom stereocenters. The molecule has 1 amide bonds. The number of rotatable bonds is 6. The molecule has 178 valence electrons. The van der Waals surface area contributed by atoms with Crippen molar-refractivity contribution in [1.82, 2.24) is 9.55 Å². The van der Waals surface area contributed by atoms with Crippen molar-refractivity contribution in [1.29, 1.82) is 0 Å². The number of nitro groups is 1. The number of nitrogens with one attached hydrogen (secondary N) is 1. The minimum Gasteiger partial charge on any atom is -0.506 e. The number of aromatic nitrogens is 2. The van der Waals surface area contributed by atoms with Gasteiger partial charge >= 0.3 is 0 Å². The van der Waals surface area contributed by atoms with E-state index < -0.39 is 16.6 Å². The Balaban J connectivity index is 1.81. The Labute approximate surface area is 220 Å². The molecule has 2 N–H and O–H groups in total. The molecular weight excluding hydrogens is 587 g/mol. The van der Waals surface area contributed by atoms with Gasteiger partial charge < -0.3 is 15.0 Å². The van der Waals surface area contributed by atoms with Crippen LogP contribution in [0.25, 0.3) is 10.9 Å². The van der Waals surface area contributed by atoms with Gasteiger partial charge in [0.25, 0.3) is 17.4 Å². The maximum atomic E-state index is 13.2. The van der Waals surface area contributed by atoms with Gasteiger partial charge in [-0.25, -0.2) is 0 Å². The van der Waals surface area contributed by atoms with Crippen LogP contribution in [0.2, 0.25) is 15.1 Å². The van der Waals surface area contributed by atoms with Crippen LogP contribution < -0.4 is 5.32 Å². The van der Waals surface area contributed by atoms with Gasteiger partial charge in [-0.2, -0.15) is 0 Å². The summed E-state index contributed by atoms with van der Waals surface area (Å²) < 4.78 is 1.87. The highest BCUT2D eigenvalue weighted by molar-refractivity contribution is 9.10. The number of hydrogen-bond acceptors (Lipinski definition) is 6. The van der Waals surface area contributed by atoms with E-state index >= 15 is 0 Å². The SMILES string of the molecule is O=C(Nc1c(Cl)cncc1Cl)C(=O)c1cn(Cc2ccc(Cl)cc2[N+](=O)[O-])c2c(O)ccc(Br)c12. The first kappa shape index (κ1) is 24.9. The summed E-state index contributed by atoms with van der Waals surface area (Å²) >= 11 is 21.3. The van der Waals surface area contributed by atoms with Crippen LogP contribution in [-0.4, -0.2) is 31.3 Å². The maximum Gasteiger partial charge on any atom is 0.296 e. The van der Waals surface area contributed by atoms with Crippen LogP contribution in [-0.2, 0) is 11.3 Å².